The Labute approximate surface area is 147 Å². The van der Waals surface area contributed by atoms with Crippen LogP contribution in [0.2, 0.25) is 0 Å². The van der Waals surface area contributed by atoms with Gasteiger partial charge in [-0.15, -0.1) is 0 Å². The Morgan fingerprint density at radius 1 is 0.875 bits per heavy atom. The van der Waals surface area contributed by atoms with E-state index in [-0.39, 0.29) is 6.42 Å². The number of phenols is 1. The van der Waals surface area contributed by atoms with E-state index in [4.69, 9.17) is 5.11 Å². The van der Waals surface area contributed by atoms with Gasteiger partial charge in [-0.2, -0.15) is 0 Å². The normalized spacial score (nSPS) is 10.9. The lowest BCUT2D eigenvalue weighted by Crippen LogP contribution is -1.95. The Balaban J connectivity index is 2.20. The van der Waals surface area contributed by atoms with E-state index in [0.717, 1.165) is 31.2 Å². The minimum Gasteiger partial charge on any atom is -0.508 e. The van der Waals surface area contributed by atoms with Gasteiger partial charge in [0, 0.05) is 6.42 Å². The van der Waals surface area contributed by atoms with Gasteiger partial charge in [-0.25, -0.2) is 0 Å². The Morgan fingerprint density at radius 2 is 1.50 bits per heavy atom. The average molecular weight is 334 g/mol. The number of aryl methyl sites for hydroxylation is 2. The smallest absolute Gasteiger partial charge is 0.303 e. The standard InChI is InChI=1S/C21H34O3/c1-2-3-4-5-6-7-9-12-18-15-16-19(20(22)17-18)13-10-8-11-14-21(23)24/h15-17,22H,2-14H2,1H3,(H,23,24). The highest BCUT2D eigenvalue weighted by molar-refractivity contribution is 5.66. The predicted molar refractivity (Wildman–Crippen MR) is 99.6 cm³/mol. The molecule has 0 heterocycles. The van der Waals surface area contributed by atoms with E-state index < -0.39 is 5.97 Å². The molecule has 0 aliphatic heterocycles. The summed E-state index contributed by atoms with van der Waals surface area (Å²) in [6.45, 7) is 2.24. The molecule has 0 amide bonds. The van der Waals surface area contributed by atoms with Crippen molar-refractivity contribution >= 4 is 5.97 Å². The van der Waals surface area contributed by atoms with Crippen molar-refractivity contribution in [2.24, 2.45) is 0 Å². The van der Waals surface area contributed by atoms with Crippen LogP contribution in [0.25, 0.3) is 0 Å². The monoisotopic (exact) mass is 334 g/mol. The van der Waals surface area contributed by atoms with Crippen LogP contribution in [-0.2, 0) is 17.6 Å². The fourth-order valence-electron chi connectivity index (χ4n) is 3.03. The molecule has 0 unspecified atom stereocenters. The highest BCUT2D eigenvalue weighted by atomic mass is 16.4. The van der Waals surface area contributed by atoms with Gasteiger partial charge in [-0.1, -0.05) is 64.0 Å². The molecular weight excluding hydrogens is 300 g/mol. The molecule has 1 rings (SSSR count). The molecule has 0 fully saturated rings. The molecule has 0 saturated heterocycles. The Hall–Kier alpha value is -1.51. The van der Waals surface area contributed by atoms with Crippen molar-refractivity contribution in [2.45, 2.75) is 90.4 Å². The van der Waals surface area contributed by atoms with Crippen molar-refractivity contribution in [1.82, 2.24) is 0 Å². The van der Waals surface area contributed by atoms with Crippen molar-refractivity contribution < 1.29 is 15.0 Å². The predicted octanol–water partition coefficient (Wildman–Crippen LogP) is 5.87. The van der Waals surface area contributed by atoms with Crippen LogP contribution in [0.4, 0.5) is 0 Å². The molecule has 0 atom stereocenters. The van der Waals surface area contributed by atoms with E-state index in [9.17, 15) is 9.90 Å². The number of hydrogen-bond acceptors (Lipinski definition) is 2. The van der Waals surface area contributed by atoms with Gasteiger partial charge in [-0.3, -0.25) is 4.79 Å². The maximum absolute atomic E-state index is 10.5. The van der Waals surface area contributed by atoms with Crippen LogP contribution >= 0.6 is 0 Å². The minimum absolute atomic E-state index is 0.239. The average Bonchev–Trinajstić information content (AvgIpc) is 2.55. The van der Waals surface area contributed by atoms with Crippen molar-refractivity contribution in [2.75, 3.05) is 0 Å². The Bertz CT molecular complexity index is 468. The third-order valence-corrected chi connectivity index (χ3v) is 4.56. The van der Waals surface area contributed by atoms with Crippen LogP contribution in [0.3, 0.4) is 0 Å². The topological polar surface area (TPSA) is 57.5 Å². The van der Waals surface area contributed by atoms with E-state index in [1.165, 1.54) is 50.5 Å². The molecule has 3 nitrogen and oxygen atoms in total. The summed E-state index contributed by atoms with van der Waals surface area (Å²) < 4.78 is 0. The molecule has 0 spiro atoms. The number of rotatable bonds is 14. The maximum atomic E-state index is 10.5. The first-order valence-corrected chi connectivity index (χ1v) is 9.66. The molecule has 1 aromatic carbocycles. The SMILES string of the molecule is CCCCCCCCCc1ccc(CCCCCC(=O)O)c(O)c1. The van der Waals surface area contributed by atoms with E-state index in [0.29, 0.717) is 12.2 Å². The first-order chi connectivity index (χ1) is 11.6. The fourth-order valence-corrected chi connectivity index (χ4v) is 3.03. The molecule has 3 heteroatoms. The van der Waals surface area contributed by atoms with Crippen molar-refractivity contribution in [1.29, 1.82) is 0 Å². The molecule has 0 bridgehead atoms. The third kappa shape index (κ3) is 9.59. The number of unbranched alkanes of at least 4 members (excludes halogenated alkanes) is 8. The summed E-state index contributed by atoms with van der Waals surface area (Å²) in [5, 5.41) is 18.7. The first kappa shape index (κ1) is 20.5. The van der Waals surface area contributed by atoms with Crippen LogP contribution < -0.4 is 0 Å². The molecule has 0 saturated carbocycles. The van der Waals surface area contributed by atoms with Gasteiger partial charge < -0.3 is 10.2 Å². The minimum atomic E-state index is -0.729. The molecule has 0 aliphatic carbocycles. The van der Waals surface area contributed by atoms with Crippen LogP contribution in [0.15, 0.2) is 18.2 Å². The quantitative estimate of drug-likeness (QED) is 0.418. The summed E-state index contributed by atoms with van der Waals surface area (Å²) in [6.07, 6.45) is 13.8. The van der Waals surface area contributed by atoms with Crippen molar-refractivity contribution in [3.05, 3.63) is 29.3 Å². The zero-order chi connectivity index (χ0) is 17.6. The molecule has 0 radical (unpaired) electrons. The van der Waals surface area contributed by atoms with E-state index in [1.807, 2.05) is 12.1 Å². The number of carboxylic acid groups (broad SMARTS) is 1. The largest absolute Gasteiger partial charge is 0.508 e. The van der Waals surface area contributed by atoms with Crippen LogP contribution in [0.1, 0.15) is 88.7 Å². The highest BCUT2D eigenvalue weighted by Crippen LogP contribution is 2.22. The summed E-state index contributed by atoms with van der Waals surface area (Å²) >= 11 is 0. The summed E-state index contributed by atoms with van der Waals surface area (Å²) in [6, 6.07) is 6.07. The summed E-state index contributed by atoms with van der Waals surface area (Å²) in [5.74, 6) is -0.332. The van der Waals surface area contributed by atoms with Gasteiger partial charge in [0.1, 0.15) is 5.75 Å². The van der Waals surface area contributed by atoms with Gasteiger partial charge in [-0.05, 0) is 49.3 Å². The number of carboxylic acids is 1. The van der Waals surface area contributed by atoms with Crippen LogP contribution in [0, 0.1) is 0 Å². The molecular formula is C21H34O3. The Kier molecular flexibility index (Phi) is 11.0. The number of aliphatic carboxylic acids is 1. The van der Waals surface area contributed by atoms with E-state index in [1.54, 1.807) is 0 Å². The van der Waals surface area contributed by atoms with E-state index >= 15 is 0 Å². The second kappa shape index (κ2) is 12.9. The highest BCUT2D eigenvalue weighted by Gasteiger charge is 2.04. The maximum Gasteiger partial charge on any atom is 0.303 e. The lowest BCUT2D eigenvalue weighted by atomic mass is 10.00. The number of carbonyl (C=O) groups is 1. The number of hydrogen-bond donors (Lipinski definition) is 2. The number of aromatic hydroxyl groups is 1. The van der Waals surface area contributed by atoms with Crippen LogP contribution in [0.5, 0.6) is 5.75 Å². The number of benzene rings is 1. The second-order valence-electron chi connectivity index (χ2n) is 6.79. The fraction of sp³-hybridized carbons (Fsp3) is 0.667. The molecule has 2 N–H and O–H groups in total. The van der Waals surface area contributed by atoms with Gasteiger partial charge in [0.25, 0.3) is 0 Å². The Morgan fingerprint density at radius 3 is 2.17 bits per heavy atom. The molecule has 1 aromatic rings. The molecule has 136 valence electrons. The lowest BCUT2D eigenvalue weighted by molar-refractivity contribution is -0.137. The van der Waals surface area contributed by atoms with Gasteiger partial charge in [0.2, 0.25) is 0 Å². The van der Waals surface area contributed by atoms with Gasteiger partial charge in [0.05, 0.1) is 0 Å². The lowest BCUT2D eigenvalue weighted by Gasteiger charge is -2.08. The zero-order valence-electron chi connectivity index (χ0n) is 15.2. The zero-order valence-corrected chi connectivity index (χ0v) is 15.2. The second-order valence-corrected chi connectivity index (χ2v) is 6.79. The van der Waals surface area contributed by atoms with Crippen LogP contribution in [-0.4, -0.2) is 16.2 Å². The molecule has 0 aliphatic rings. The summed E-state index contributed by atoms with van der Waals surface area (Å²) in [5.41, 5.74) is 2.20. The molecule has 0 aromatic heterocycles. The summed E-state index contributed by atoms with van der Waals surface area (Å²) in [4.78, 5) is 10.5. The van der Waals surface area contributed by atoms with Gasteiger partial charge in [0.15, 0.2) is 0 Å². The van der Waals surface area contributed by atoms with Gasteiger partial charge >= 0.3 is 5.97 Å². The van der Waals surface area contributed by atoms with E-state index in [2.05, 4.69) is 13.0 Å². The first-order valence-electron chi connectivity index (χ1n) is 9.66. The number of phenolic OH excluding ortho intramolecular Hbond substituents is 1. The van der Waals surface area contributed by atoms with Crippen molar-refractivity contribution in [3.63, 3.8) is 0 Å². The molecule has 24 heavy (non-hydrogen) atoms. The third-order valence-electron chi connectivity index (χ3n) is 4.56. The summed E-state index contributed by atoms with van der Waals surface area (Å²) in [7, 11) is 0. The van der Waals surface area contributed by atoms with Crippen molar-refractivity contribution in [3.8, 4) is 5.75 Å².